The van der Waals surface area contributed by atoms with Gasteiger partial charge in [0.15, 0.2) is 23.3 Å². The minimum absolute atomic E-state index is 0.0107. The molecule has 0 aliphatic carbocycles. The lowest BCUT2D eigenvalue weighted by Gasteiger charge is -2.35. The van der Waals surface area contributed by atoms with Crippen LogP contribution in [0.15, 0.2) is 36.5 Å². The first-order valence-electron chi connectivity index (χ1n) is 9.90. The molecule has 1 aromatic carbocycles. The Morgan fingerprint density at radius 2 is 1.87 bits per heavy atom. The van der Waals surface area contributed by atoms with Gasteiger partial charge in [-0.1, -0.05) is 12.1 Å². The number of nitrogens with one attached hydrogen (secondary N) is 1. The first-order valence-corrected chi connectivity index (χ1v) is 9.90. The number of halogens is 1. The zero-order valence-electron chi connectivity index (χ0n) is 17.5. The van der Waals surface area contributed by atoms with Gasteiger partial charge in [-0.25, -0.2) is 9.37 Å². The first-order chi connectivity index (χ1) is 14.9. The van der Waals surface area contributed by atoms with E-state index in [9.17, 15) is 4.39 Å². The van der Waals surface area contributed by atoms with E-state index in [1.54, 1.807) is 13.2 Å². The van der Waals surface area contributed by atoms with Crippen molar-refractivity contribution >= 4 is 23.4 Å². The number of benzene rings is 1. The monoisotopic (exact) mass is 425 g/mol. The summed E-state index contributed by atoms with van der Waals surface area (Å²) in [4.78, 5) is 10.5. The Bertz CT molecular complexity index is 1050. The maximum absolute atomic E-state index is 14.4. The lowest BCUT2D eigenvalue weighted by atomic mass is 10.1. The van der Waals surface area contributed by atoms with Crippen LogP contribution in [0.3, 0.4) is 0 Å². The number of morpholine rings is 1. The van der Waals surface area contributed by atoms with E-state index in [4.69, 9.17) is 15.2 Å². The van der Waals surface area contributed by atoms with E-state index in [0.29, 0.717) is 30.4 Å². The van der Waals surface area contributed by atoms with Crippen molar-refractivity contribution in [1.82, 2.24) is 20.2 Å². The largest absolute Gasteiger partial charge is 0.497 e. The number of anilines is 4. The molecule has 3 heterocycles. The minimum atomic E-state index is -0.595. The van der Waals surface area contributed by atoms with E-state index in [1.807, 2.05) is 43.0 Å². The van der Waals surface area contributed by atoms with Gasteiger partial charge in [0.05, 0.1) is 25.5 Å². The third kappa shape index (κ3) is 4.64. The van der Waals surface area contributed by atoms with Crippen molar-refractivity contribution in [3.8, 4) is 16.9 Å². The van der Waals surface area contributed by atoms with Gasteiger partial charge in [0.1, 0.15) is 5.75 Å². The highest BCUT2D eigenvalue weighted by Crippen LogP contribution is 2.29. The number of ether oxygens (including phenoxy) is 2. The molecule has 0 spiro atoms. The van der Waals surface area contributed by atoms with Crippen LogP contribution in [0, 0.1) is 5.82 Å². The van der Waals surface area contributed by atoms with Gasteiger partial charge in [-0.15, -0.1) is 10.2 Å². The molecular weight excluding hydrogens is 401 g/mol. The molecule has 0 radical (unpaired) electrons. The van der Waals surface area contributed by atoms with Crippen LogP contribution in [0.25, 0.3) is 11.1 Å². The summed E-state index contributed by atoms with van der Waals surface area (Å²) in [6.45, 7) is 5.21. The predicted octanol–water partition coefficient (Wildman–Crippen LogP) is 3.02. The lowest BCUT2D eigenvalue weighted by molar-refractivity contribution is -0.00572. The topological polar surface area (TPSA) is 111 Å². The highest BCUT2D eigenvalue weighted by molar-refractivity contribution is 5.76. The molecule has 4 rings (SSSR count). The van der Waals surface area contributed by atoms with Gasteiger partial charge < -0.3 is 25.4 Å². The van der Waals surface area contributed by atoms with Gasteiger partial charge in [0.2, 0.25) is 5.95 Å². The van der Waals surface area contributed by atoms with Crippen LogP contribution in [0.2, 0.25) is 0 Å². The summed E-state index contributed by atoms with van der Waals surface area (Å²) in [5, 5.41) is 10.9. The predicted molar refractivity (Wildman–Crippen MR) is 116 cm³/mol. The number of aromatic nitrogens is 4. The summed E-state index contributed by atoms with van der Waals surface area (Å²) in [5.41, 5.74) is 7.50. The van der Waals surface area contributed by atoms with E-state index in [-0.39, 0.29) is 23.8 Å². The van der Waals surface area contributed by atoms with Crippen molar-refractivity contribution in [3.63, 3.8) is 0 Å². The first kappa shape index (κ1) is 20.7. The van der Waals surface area contributed by atoms with Crippen LogP contribution in [-0.2, 0) is 4.74 Å². The van der Waals surface area contributed by atoms with Gasteiger partial charge in [-0.05, 0) is 37.6 Å². The molecule has 2 atom stereocenters. The molecule has 162 valence electrons. The van der Waals surface area contributed by atoms with Crippen LogP contribution in [0.5, 0.6) is 5.75 Å². The van der Waals surface area contributed by atoms with Crippen molar-refractivity contribution < 1.29 is 13.9 Å². The molecule has 1 fully saturated rings. The fourth-order valence-corrected chi connectivity index (χ4v) is 3.52. The highest BCUT2D eigenvalue weighted by atomic mass is 19.1. The molecule has 0 bridgehead atoms. The summed E-state index contributed by atoms with van der Waals surface area (Å²) < 4.78 is 25.4. The van der Waals surface area contributed by atoms with Crippen molar-refractivity contribution in [3.05, 3.63) is 42.3 Å². The zero-order valence-corrected chi connectivity index (χ0v) is 17.5. The average molecular weight is 425 g/mol. The fraction of sp³-hybridized carbons (Fsp3) is 0.333. The molecule has 10 heteroatoms. The van der Waals surface area contributed by atoms with Crippen LogP contribution in [0.1, 0.15) is 13.8 Å². The van der Waals surface area contributed by atoms with Gasteiger partial charge in [0, 0.05) is 18.7 Å². The Labute approximate surface area is 179 Å². The Morgan fingerprint density at radius 1 is 1.16 bits per heavy atom. The quantitative estimate of drug-likeness (QED) is 0.637. The fourth-order valence-electron chi connectivity index (χ4n) is 3.52. The molecular formula is C21H24FN7O2. The number of hydrogen-bond donors (Lipinski definition) is 2. The normalized spacial score (nSPS) is 18.6. The molecule has 31 heavy (non-hydrogen) atoms. The molecule has 1 saturated heterocycles. The number of nitrogens with zero attached hydrogens (tertiary/aromatic N) is 5. The Morgan fingerprint density at radius 3 is 2.55 bits per heavy atom. The smallest absolute Gasteiger partial charge is 0.227 e. The summed E-state index contributed by atoms with van der Waals surface area (Å²) in [7, 11) is 1.60. The van der Waals surface area contributed by atoms with Gasteiger partial charge in [-0.2, -0.15) is 4.98 Å². The number of methoxy groups -OCH3 is 1. The average Bonchev–Trinajstić information content (AvgIpc) is 2.76. The molecule has 3 N–H and O–H groups in total. The summed E-state index contributed by atoms with van der Waals surface area (Å²) >= 11 is 0. The highest BCUT2D eigenvalue weighted by Gasteiger charge is 2.25. The SMILES string of the molecule is COc1ccc(-c2cc(Nc3nc(N4C[C@@H](C)O[C@@H](C)C4)ncc3F)nnc2N)cc1. The molecule has 3 aromatic rings. The summed E-state index contributed by atoms with van der Waals surface area (Å²) in [6.07, 6.45) is 1.21. The second kappa shape index (κ2) is 8.68. The Balaban J connectivity index is 1.60. The number of rotatable bonds is 5. The molecule has 0 saturated carbocycles. The van der Waals surface area contributed by atoms with E-state index in [1.165, 1.54) is 0 Å². The Kier molecular flexibility index (Phi) is 5.81. The lowest BCUT2D eigenvalue weighted by Crippen LogP contribution is -2.46. The third-order valence-corrected chi connectivity index (χ3v) is 4.90. The van der Waals surface area contributed by atoms with Gasteiger partial charge in [-0.3, -0.25) is 0 Å². The number of nitrogen functional groups attached to an aromatic ring is 1. The number of nitrogens with two attached hydrogens (primary N) is 1. The van der Waals surface area contributed by atoms with E-state index < -0.39 is 5.82 Å². The molecule has 9 nitrogen and oxygen atoms in total. The maximum Gasteiger partial charge on any atom is 0.227 e. The molecule has 1 aliphatic heterocycles. The van der Waals surface area contributed by atoms with Crippen molar-refractivity contribution in [2.24, 2.45) is 0 Å². The van der Waals surface area contributed by atoms with Gasteiger partial charge >= 0.3 is 0 Å². The second-order valence-electron chi connectivity index (χ2n) is 7.41. The Hall–Kier alpha value is -3.53. The van der Waals surface area contributed by atoms with Crippen LogP contribution in [-0.4, -0.2) is 52.6 Å². The van der Waals surface area contributed by atoms with Crippen molar-refractivity contribution in [2.75, 3.05) is 36.1 Å². The van der Waals surface area contributed by atoms with Crippen LogP contribution >= 0.6 is 0 Å². The molecule has 0 amide bonds. The van der Waals surface area contributed by atoms with Gasteiger partial charge in [0.25, 0.3) is 0 Å². The van der Waals surface area contributed by atoms with E-state index >= 15 is 0 Å². The van der Waals surface area contributed by atoms with Crippen molar-refractivity contribution in [2.45, 2.75) is 26.1 Å². The summed E-state index contributed by atoms with van der Waals surface area (Å²) in [5.74, 6) is 1.14. The molecule has 2 aromatic heterocycles. The number of hydrogen-bond acceptors (Lipinski definition) is 9. The summed E-state index contributed by atoms with van der Waals surface area (Å²) in [6, 6.07) is 9.07. The van der Waals surface area contributed by atoms with Crippen molar-refractivity contribution in [1.29, 1.82) is 0 Å². The van der Waals surface area contributed by atoms with Crippen LogP contribution in [0.4, 0.5) is 27.8 Å². The standard InChI is InChI=1S/C21H24FN7O2/c1-12-10-29(11-13(2)31-12)21-24-9-17(22)20(26-21)25-18-8-16(19(23)28-27-18)14-4-6-15(30-3)7-5-14/h4-9,12-13H,10-11H2,1-3H3,(H2,23,28)(H,24,25,26,27)/t12-,13+. The molecule has 1 aliphatic rings. The van der Waals surface area contributed by atoms with E-state index in [2.05, 4.69) is 25.5 Å². The third-order valence-electron chi connectivity index (χ3n) is 4.90. The van der Waals surface area contributed by atoms with E-state index in [0.717, 1.165) is 17.5 Å². The minimum Gasteiger partial charge on any atom is -0.497 e. The van der Waals surface area contributed by atoms with Crippen LogP contribution < -0.4 is 20.7 Å². The zero-order chi connectivity index (χ0) is 22.0. The maximum atomic E-state index is 14.4. The second-order valence-corrected chi connectivity index (χ2v) is 7.41. The molecule has 0 unspecified atom stereocenters.